The van der Waals surface area contributed by atoms with Crippen LogP contribution in [0.3, 0.4) is 0 Å². The summed E-state index contributed by atoms with van der Waals surface area (Å²) in [7, 11) is -1.29. The predicted molar refractivity (Wildman–Crippen MR) is 179 cm³/mol. The van der Waals surface area contributed by atoms with Gasteiger partial charge in [-0.1, -0.05) is 85.4 Å². The summed E-state index contributed by atoms with van der Waals surface area (Å²) >= 11 is 1.86. The Morgan fingerprint density at radius 2 is 1.55 bits per heavy atom. The van der Waals surface area contributed by atoms with Crippen molar-refractivity contribution in [2.45, 2.75) is 57.7 Å². The molecule has 0 aliphatic heterocycles. The summed E-state index contributed by atoms with van der Waals surface area (Å²) in [5, 5.41) is 4.17. The van der Waals surface area contributed by atoms with E-state index in [4.69, 9.17) is 0 Å². The van der Waals surface area contributed by atoms with Gasteiger partial charge in [-0.15, -0.1) is 59.7 Å². The smallest absolute Gasteiger partial charge is 0.0776 e. The number of nitrogens with zero attached hydrogens (tertiary/aromatic N) is 2. The average Bonchev–Trinajstić information content (AvgIpc) is 3.41. The second-order valence-electron chi connectivity index (χ2n) is 12.0. The summed E-state index contributed by atoms with van der Waals surface area (Å²) in [6.45, 7) is 7.19. The van der Waals surface area contributed by atoms with Gasteiger partial charge < -0.3 is 9.97 Å². The van der Waals surface area contributed by atoms with Crippen molar-refractivity contribution in [3.05, 3.63) is 115 Å². The molecule has 1 aliphatic carbocycles. The molecule has 3 aromatic carbocycles. The third kappa shape index (κ3) is 6.81. The molecular formula is C37H36IrN2SSi-2. The van der Waals surface area contributed by atoms with Crippen LogP contribution in [0.15, 0.2) is 97.3 Å². The molecule has 0 spiro atoms. The Balaban J connectivity index is 0.000000169. The molecular weight excluding hydrogens is 725 g/mol. The zero-order chi connectivity index (χ0) is 28.2. The van der Waals surface area contributed by atoms with E-state index >= 15 is 0 Å². The molecule has 3 heterocycles. The van der Waals surface area contributed by atoms with Gasteiger partial charge in [-0.2, -0.15) is 11.3 Å². The molecule has 6 aromatic rings. The number of thiophene rings is 1. The molecule has 1 radical (unpaired) electrons. The maximum atomic E-state index is 4.51. The normalized spacial score (nSPS) is 13.8. The van der Waals surface area contributed by atoms with E-state index in [1.54, 1.807) is 0 Å². The van der Waals surface area contributed by atoms with Gasteiger partial charge in [-0.25, -0.2) is 0 Å². The summed E-state index contributed by atoms with van der Waals surface area (Å²) in [4.78, 5) is 8.98. The zero-order valence-electron chi connectivity index (χ0n) is 24.5. The number of hydrogen-bond acceptors (Lipinski definition) is 3. The molecule has 0 saturated heterocycles. The molecule has 215 valence electrons. The number of benzene rings is 3. The van der Waals surface area contributed by atoms with Crippen molar-refractivity contribution in [3.63, 3.8) is 0 Å². The molecule has 0 amide bonds. The molecule has 3 aromatic heterocycles. The van der Waals surface area contributed by atoms with E-state index in [1.807, 2.05) is 60.1 Å². The quantitative estimate of drug-likeness (QED) is 0.132. The maximum absolute atomic E-state index is 4.51. The van der Waals surface area contributed by atoms with Gasteiger partial charge in [0, 0.05) is 37.2 Å². The molecule has 5 heteroatoms. The maximum Gasteiger partial charge on any atom is 0.0776 e. The first-order valence-corrected chi connectivity index (χ1v) is 19.0. The topological polar surface area (TPSA) is 25.8 Å². The predicted octanol–water partition coefficient (Wildman–Crippen LogP) is 10.1. The Labute approximate surface area is 268 Å². The Morgan fingerprint density at radius 3 is 2.29 bits per heavy atom. The van der Waals surface area contributed by atoms with Crippen molar-refractivity contribution in [2.24, 2.45) is 0 Å². The molecule has 1 saturated carbocycles. The summed E-state index contributed by atoms with van der Waals surface area (Å²) in [5.41, 5.74) is 5.71. The number of rotatable bonds is 4. The SMILES string of the molecule is C[Si](C)(C)c1ccc2c(c1)sc1c(-c3ccccn3)[c-]ccc12.[Ir].[c-]1ccccc1-c1cc(C2CCCCC2)ccn1. The monoisotopic (exact) mass is 761 g/mol. The van der Waals surface area contributed by atoms with Gasteiger partial charge in [0.2, 0.25) is 0 Å². The van der Waals surface area contributed by atoms with E-state index in [-0.39, 0.29) is 20.1 Å². The molecule has 2 nitrogen and oxygen atoms in total. The van der Waals surface area contributed by atoms with Crippen molar-refractivity contribution in [3.8, 4) is 22.5 Å². The Bertz CT molecular complexity index is 1750. The Hall–Kier alpha value is -2.95. The summed E-state index contributed by atoms with van der Waals surface area (Å²) in [6.07, 6.45) is 10.6. The fourth-order valence-corrected chi connectivity index (χ4v) is 8.26. The third-order valence-electron chi connectivity index (χ3n) is 8.07. The van der Waals surface area contributed by atoms with E-state index in [1.165, 1.54) is 63.0 Å². The van der Waals surface area contributed by atoms with Crippen LogP contribution in [0.25, 0.3) is 42.7 Å². The first kappa shape index (κ1) is 30.5. The van der Waals surface area contributed by atoms with Gasteiger partial charge in [-0.05, 0) is 58.4 Å². The van der Waals surface area contributed by atoms with E-state index in [9.17, 15) is 0 Å². The molecule has 1 aliphatic rings. The second-order valence-corrected chi connectivity index (χ2v) is 18.1. The number of fused-ring (bicyclic) bond motifs is 3. The van der Waals surface area contributed by atoms with E-state index in [0.717, 1.165) is 28.4 Å². The Kier molecular flexibility index (Phi) is 9.85. The van der Waals surface area contributed by atoms with E-state index in [0.29, 0.717) is 0 Å². The van der Waals surface area contributed by atoms with Gasteiger partial charge in [-0.3, -0.25) is 0 Å². The van der Waals surface area contributed by atoms with Crippen LogP contribution in [0.5, 0.6) is 0 Å². The van der Waals surface area contributed by atoms with Gasteiger partial charge in [0.1, 0.15) is 0 Å². The van der Waals surface area contributed by atoms with Crippen molar-refractivity contribution >= 4 is 44.8 Å². The van der Waals surface area contributed by atoms with Gasteiger partial charge >= 0.3 is 0 Å². The summed E-state index contributed by atoms with van der Waals surface area (Å²) < 4.78 is 2.66. The van der Waals surface area contributed by atoms with Crippen molar-refractivity contribution in [2.75, 3.05) is 0 Å². The second kappa shape index (κ2) is 13.6. The van der Waals surface area contributed by atoms with Crippen LogP contribution < -0.4 is 5.19 Å². The molecule has 0 bridgehead atoms. The number of aromatic nitrogens is 2. The van der Waals surface area contributed by atoms with Crippen LogP contribution in [0.1, 0.15) is 43.6 Å². The van der Waals surface area contributed by atoms with Crippen molar-refractivity contribution in [1.29, 1.82) is 0 Å². The summed E-state index contributed by atoms with van der Waals surface area (Å²) in [6, 6.07) is 36.4. The van der Waals surface area contributed by atoms with Gasteiger partial charge in [0.25, 0.3) is 0 Å². The van der Waals surface area contributed by atoms with Crippen LogP contribution in [-0.2, 0) is 20.1 Å². The van der Waals surface area contributed by atoms with Gasteiger partial charge in [0.15, 0.2) is 0 Å². The first-order valence-electron chi connectivity index (χ1n) is 14.7. The van der Waals surface area contributed by atoms with Crippen LogP contribution >= 0.6 is 11.3 Å². The minimum Gasteiger partial charge on any atom is -0.305 e. The van der Waals surface area contributed by atoms with Crippen LogP contribution in [0, 0.1) is 12.1 Å². The van der Waals surface area contributed by atoms with Gasteiger partial charge in [0.05, 0.1) is 8.07 Å². The molecule has 1 fully saturated rings. The Morgan fingerprint density at radius 1 is 0.738 bits per heavy atom. The first-order chi connectivity index (χ1) is 20.0. The van der Waals surface area contributed by atoms with E-state index < -0.39 is 8.07 Å². The fraction of sp³-hybridized carbons (Fsp3) is 0.243. The van der Waals surface area contributed by atoms with Crippen LogP contribution in [0.4, 0.5) is 0 Å². The summed E-state index contributed by atoms with van der Waals surface area (Å²) in [5.74, 6) is 0.740. The number of hydrogen-bond donors (Lipinski definition) is 0. The minimum absolute atomic E-state index is 0. The largest absolute Gasteiger partial charge is 0.305 e. The average molecular weight is 761 g/mol. The van der Waals surface area contributed by atoms with Crippen LogP contribution in [-0.4, -0.2) is 18.0 Å². The van der Waals surface area contributed by atoms with E-state index in [2.05, 4.69) is 90.3 Å². The van der Waals surface area contributed by atoms with Crippen LogP contribution in [0.2, 0.25) is 19.6 Å². The molecule has 42 heavy (non-hydrogen) atoms. The van der Waals surface area contributed by atoms with Crippen molar-refractivity contribution < 1.29 is 20.1 Å². The zero-order valence-corrected chi connectivity index (χ0v) is 28.7. The minimum atomic E-state index is -1.29. The molecule has 0 unspecified atom stereocenters. The standard InChI is InChI=1S/C20H18NSSi.C17H18N.Ir/c1-23(2,3)14-10-11-15-16-7-6-8-17(18-9-4-5-12-21-18)20(16)22-19(15)13-14;1-3-7-14(8-4-1)16-11-12-18-17(13-16)15-9-5-2-6-10-15;/h4-7,9-13H,1-3H3;2,5-6,9,11-14H,1,3-4,7-8H2;/q2*-1;. The molecule has 0 N–H and O–H groups in total. The molecule has 0 atom stereocenters. The molecule has 7 rings (SSSR count). The third-order valence-corrected chi connectivity index (χ3v) is 11.3. The number of pyridine rings is 2. The fourth-order valence-electron chi connectivity index (χ4n) is 5.75. The van der Waals surface area contributed by atoms with Crippen molar-refractivity contribution in [1.82, 2.24) is 9.97 Å².